The van der Waals surface area contributed by atoms with Crippen LogP contribution in [0.3, 0.4) is 0 Å². The van der Waals surface area contributed by atoms with Crippen LogP contribution in [0.1, 0.15) is 37.0 Å². The van der Waals surface area contributed by atoms with Gasteiger partial charge in [-0.25, -0.2) is 9.78 Å². The zero-order valence-corrected chi connectivity index (χ0v) is 10.9. The Morgan fingerprint density at radius 3 is 2.61 bits per heavy atom. The summed E-state index contributed by atoms with van der Waals surface area (Å²) in [6, 6.07) is 3.51. The summed E-state index contributed by atoms with van der Waals surface area (Å²) in [7, 11) is 1.54. The van der Waals surface area contributed by atoms with Crippen LogP contribution >= 0.6 is 0 Å². The van der Waals surface area contributed by atoms with Crippen molar-refractivity contribution in [2.24, 2.45) is 0 Å². The van der Waals surface area contributed by atoms with E-state index in [-0.39, 0.29) is 11.1 Å². The number of imidazole rings is 1. The Morgan fingerprint density at radius 2 is 2.11 bits per heavy atom. The van der Waals surface area contributed by atoms with Gasteiger partial charge in [-0.15, -0.1) is 0 Å². The molecule has 0 bridgehead atoms. The van der Waals surface area contributed by atoms with Gasteiger partial charge in [0.25, 0.3) is 0 Å². The molecule has 0 aliphatic carbocycles. The lowest BCUT2D eigenvalue weighted by Crippen LogP contribution is -2.17. The Kier molecular flexibility index (Phi) is 2.77. The molecule has 0 saturated heterocycles. The standard InChI is InChI=1S/C13H16N2O3/c1-13(2,3)10-9(12(16)17)15-7-5-6-8(18-4)11(15)14-10/h5-7H,1-4H3,(H,16,17). The molecule has 0 aliphatic rings. The number of hydrogen-bond donors (Lipinski definition) is 1. The van der Waals surface area contributed by atoms with Gasteiger partial charge in [0.2, 0.25) is 0 Å². The number of nitrogens with zero attached hydrogens (tertiary/aromatic N) is 2. The molecule has 0 fully saturated rings. The van der Waals surface area contributed by atoms with Crippen molar-refractivity contribution < 1.29 is 14.6 Å². The Labute approximate surface area is 105 Å². The topological polar surface area (TPSA) is 63.8 Å². The van der Waals surface area contributed by atoms with Crippen LogP contribution in [0.4, 0.5) is 0 Å². The van der Waals surface area contributed by atoms with E-state index in [1.165, 1.54) is 0 Å². The molecule has 18 heavy (non-hydrogen) atoms. The van der Waals surface area contributed by atoms with E-state index in [0.29, 0.717) is 17.1 Å². The van der Waals surface area contributed by atoms with E-state index in [2.05, 4.69) is 4.98 Å². The smallest absolute Gasteiger partial charge is 0.354 e. The highest BCUT2D eigenvalue weighted by Gasteiger charge is 2.28. The first-order chi connectivity index (χ1) is 8.36. The molecule has 0 aromatic carbocycles. The maximum Gasteiger partial charge on any atom is 0.354 e. The molecular formula is C13H16N2O3. The second kappa shape index (κ2) is 4.01. The fourth-order valence-corrected chi connectivity index (χ4v) is 1.93. The van der Waals surface area contributed by atoms with Crippen LogP contribution in [0.25, 0.3) is 5.65 Å². The highest BCUT2D eigenvalue weighted by Crippen LogP contribution is 2.29. The lowest BCUT2D eigenvalue weighted by molar-refractivity contribution is 0.0686. The minimum Gasteiger partial charge on any atom is -0.493 e. The predicted molar refractivity (Wildman–Crippen MR) is 67.4 cm³/mol. The SMILES string of the molecule is COc1cccn2c(C(=O)O)c(C(C)(C)C)nc12. The fourth-order valence-electron chi connectivity index (χ4n) is 1.93. The predicted octanol–water partition coefficient (Wildman–Crippen LogP) is 2.34. The quantitative estimate of drug-likeness (QED) is 0.886. The second-order valence-corrected chi connectivity index (χ2v) is 5.13. The zero-order valence-electron chi connectivity index (χ0n) is 10.9. The number of aromatic carboxylic acids is 1. The Morgan fingerprint density at radius 1 is 1.44 bits per heavy atom. The summed E-state index contributed by atoms with van der Waals surface area (Å²) in [5.41, 5.74) is 0.934. The highest BCUT2D eigenvalue weighted by atomic mass is 16.5. The van der Waals surface area contributed by atoms with Gasteiger partial charge in [0, 0.05) is 11.6 Å². The van der Waals surface area contributed by atoms with Crippen LogP contribution in [-0.2, 0) is 5.41 Å². The zero-order chi connectivity index (χ0) is 13.5. The summed E-state index contributed by atoms with van der Waals surface area (Å²) in [6.07, 6.45) is 1.68. The number of carboxylic acid groups (broad SMARTS) is 1. The molecule has 5 heteroatoms. The molecule has 0 atom stereocenters. The normalized spacial score (nSPS) is 11.8. The third-order valence-electron chi connectivity index (χ3n) is 2.75. The van der Waals surface area contributed by atoms with Gasteiger partial charge in [0.05, 0.1) is 12.8 Å². The number of hydrogen-bond acceptors (Lipinski definition) is 3. The number of aromatic nitrogens is 2. The summed E-state index contributed by atoms with van der Waals surface area (Å²) < 4.78 is 6.77. The number of ether oxygens (including phenoxy) is 1. The van der Waals surface area contributed by atoms with Gasteiger partial charge in [0.1, 0.15) is 0 Å². The first-order valence-corrected chi connectivity index (χ1v) is 5.65. The number of methoxy groups -OCH3 is 1. The Bertz CT molecular complexity index is 608. The summed E-state index contributed by atoms with van der Waals surface area (Å²) >= 11 is 0. The number of rotatable bonds is 2. The molecule has 0 spiro atoms. The van der Waals surface area contributed by atoms with Crippen LogP contribution in [0.2, 0.25) is 0 Å². The molecule has 0 saturated carbocycles. The minimum absolute atomic E-state index is 0.191. The first kappa shape index (κ1) is 12.4. The largest absolute Gasteiger partial charge is 0.493 e. The summed E-state index contributed by atoms with van der Waals surface area (Å²) in [5.74, 6) is -0.420. The molecule has 0 radical (unpaired) electrons. The first-order valence-electron chi connectivity index (χ1n) is 5.65. The van der Waals surface area contributed by atoms with E-state index in [1.807, 2.05) is 20.8 Å². The maximum absolute atomic E-state index is 11.4. The molecule has 0 amide bonds. The van der Waals surface area contributed by atoms with Crippen molar-refractivity contribution in [3.8, 4) is 5.75 Å². The van der Waals surface area contributed by atoms with Crippen molar-refractivity contribution in [1.82, 2.24) is 9.38 Å². The number of carboxylic acids is 1. The van der Waals surface area contributed by atoms with Crippen molar-refractivity contribution in [2.75, 3.05) is 7.11 Å². The fraction of sp³-hybridized carbons (Fsp3) is 0.385. The van der Waals surface area contributed by atoms with E-state index in [9.17, 15) is 9.90 Å². The van der Waals surface area contributed by atoms with E-state index >= 15 is 0 Å². The van der Waals surface area contributed by atoms with Gasteiger partial charge in [0.15, 0.2) is 17.1 Å². The van der Waals surface area contributed by atoms with Crippen LogP contribution in [-0.4, -0.2) is 27.6 Å². The van der Waals surface area contributed by atoms with E-state index in [4.69, 9.17) is 4.74 Å². The minimum atomic E-state index is -0.985. The van der Waals surface area contributed by atoms with Crippen LogP contribution < -0.4 is 4.74 Å². The molecular weight excluding hydrogens is 232 g/mol. The molecule has 2 rings (SSSR count). The molecule has 0 aliphatic heterocycles. The summed E-state index contributed by atoms with van der Waals surface area (Å²) in [6.45, 7) is 5.81. The lowest BCUT2D eigenvalue weighted by atomic mass is 9.91. The molecule has 1 N–H and O–H groups in total. The number of carbonyl (C=O) groups is 1. The molecule has 96 valence electrons. The van der Waals surface area contributed by atoms with E-state index in [1.54, 1.807) is 29.8 Å². The summed E-state index contributed by atoms with van der Waals surface area (Å²) in [4.78, 5) is 15.9. The maximum atomic E-state index is 11.4. The van der Waals surface area contributed by atoms with Gasteiger partial charge in [-0.1, -0.05) is 20.8 Å². The van der Waals surface area contributed by atoms with Crippen LogP contribution in [0.15, 0.2) is 18.3 Å². The van der Waals surface area contributed by atoms with Crippen LogP contribution in [0.5, 0.6) is 5.75 Å². The summed E-state index contributed by atoms with van der Waals surface area (Å²) in [5, 5.41) is 9.38. The monoisotopic (exact) mass is 248 g/mol. The van der Waals surface area contributed by atoms with Crippen molar-refractivity contribution in [1.29, 1.82) is 0 Å². The van der Waals surface area contributed by atoms with Crippen molar-refractivity contribution in [3.05, 3.63) is 29.7 Å². The van der Waals surface area contributed by atoms with E-state index in [0.717, 1.165) is 0 Å². The molecule has 0 unspecified atom stereocenters. The number of fused-ring (bicyclic) bond motifs is 1. The second-order valence-electron chi connectivity index (χ2n) is 5.13. The van der Waals surface area contributed by atoms with Crippen molar-refractivity contribution in [3.63, 3.8) is 0 Å². The molecule has 2 aromatic rings. The van der Waals surface area contributed by atoms with Gasteiger partial charge < -0.3 is 9.84 Å². The lowest BCUT2D eigenvalue weighted by Gasteiger charge is -2.16. The van der Waals surface area contributed by atoms with E-state index < -0.39 is 5.97 Å². The van der Waals surface area contributed by atoms with Crippen LogP contribution in [0, 0.1) is 0 Å². The van der Waals surface area contributed by atoms with Crippen molar-refractivity contribution >= 4 is 11.6 Å². The molecule has 2 aromatic heterocycles. The van der Waals surface area contributed by atoms with Crippen molar-refractivity contribution in [2.45, 2.75) is 26.2 Å². The Hall–Kier alpha value is -2.04. The third-order valence-corrected chi connectivity index (χ3v) is 2.75. The average Bonchev–Trinajstić information content (AvgIpc) is 2.67. The third kappa shape index (κ3) is 1.81. The van der Waals surface area contributed by atoms with Gasteiger partial charge in [-0.2, -0.15) is 0 Å². The molecule has 2 heterocycles. The number of pyridine rings is 1. The average molecular weight is 248 g/mol. The van der Waals surface area contributed by atoms with Gasteiger partial charge in [-0.3, -0.25) is 4.40 Å². The van der Waals surface area contributed by atoms with Gasteiger partial charge in [-0.05, 0) is 12.1 Å². The Balaban J connectivity index is 2.87. The molecule has 5 nitrogen and oxygen atoms in total. The van der Waals surface area contributed by atoms with Gasteiger partial charge >= 0.3 is 5.97 Å². The highest BCUT2D eigenvalue weighted by molar-refractivity contribution is 5.89.